The number of aromatic nitrogens is 4. The summed E-state index contributed by atoms with van der Waals surface area (Å²) < 4.78 is 3.84. The van der Waals surface area contributed by atoms with Gasteiger partial charge < -0.3 is 9.97 Å². The van der Waals surface area contributed by atoms with Crippen LogP contribution in [0.3, 0.4) is 0 Å². The molecule has 250 valence electrons. The van der Waals surface area contributed by atoms with Crippen LogP contribution in [-0.2, 0) is 0 Å². The summed E-state index contributed by atoms with van der Waals surface area (Å²) in [5.41, 5.74) is 8.78. The predicted octanol–water partition coefficient (Wildman–Crippen LogP) is 14.2. The minimum absolute atomic E-state index is 0.0751. The summed E-state index contributed by atoms with van der Waals surface area (Å²) in [5.74, 6) is 0. The van der Waals surface area contributed by atoms with Crippen LogP contribution >= 0.6 is 109 Å². The highest BCUT2D eigenvalue weighted by Gasteiger charge is 2.30. The van der Waals surface area contributed by atoms with Crippen molar-refractivity contribution in [2.75, 3.05) is 0 Å². The van der Waals surface area contributed by atoms with Gasteiger partial charge in [0.25, 0.3) is 5.70 Å². The third-order valence-electron chi connectivity index (χ3n) is 8.32. The molecular weight excluding hydrogens is 982 g/mol. The van der Waals surface area contributed by atoms with E-state index in [9.17, 15) is 10.1 Å². The lowest BCUT2D eigenvalue weighted by atomic mass is 10.1. The second kappa shape index (κ2) is 13.3. The molecule has 2 aliphatic heterocycles. The Morgan fingerprint density at radius 1 is 0.510 bits per heavy atom. The Kier molecular flexibility index (Phi) is 8.74. The van der Waals surface area contributed by atoms with Crippen LogP contribution in [0.5, 0.6) is 0 Å². The van der Waals surface area contributed by atoms with Crippen molar-refractivity contribution in [2.24, 2.45) is 0 Å². The Morgan fingerprint density at radius 3 is 1.25 bits per heavy atom. The minimum Gasteiger partial charge on any atom is -0.354 e. The van der Waals surface area contributed by atoms with Gasteiger partial charge in [0.2, 0.25) is 0 Å². The number of hydrogen-bond donors (Lipinski definition) is 2. The summed E-state index contributed by atoms with van der Waals surface area (Å²) in [4.78, 5) is 34.1. The van der Waals surface area contributed by atoms with Crippen LogP contribution in [0, 0.1) is 10.1 Å². The van der Waals surface area contributed by atoms with E-state index in [0.29, 0.717) is 16.8 Å². The molecule has 0 saturated carbocycles. The fourth-order valence-corrected chi connectivity index (χ4v) is 12.0. The van der Waals surface area contributed by atoms with Crippen LogP contribution in [0.25, 0.3) is 87.8 Å². The molecule has 9 rings (SSSR count). The third-order valence-corrected chi connectivity index (χ3v) is 14.9. The first-order chi connectivity index (χ1) is 24.7. The van der Waals surface area contributed by atoms with E-state index in [1.54, 1.807) is 40.1 Å². The Labute approximate surface area is 339 Å². The van der Waals surface area contributed by atoms with Gasteiger partial charge in [-0.1, -0.05) is 0 Å². The van der Waals surface area contributed by atoms with E-state index in [1.165, 1.54) is 11.3 Å². The molecule has 0 atom stereocenters. The van der Waals surface area contributed by atoms with Crippen molar-refractivity contribution >= 4 is 155 Å². The van der Waals surface area contributed by atoms with E-state index in [-0.39, 0.29) is 16.3 Å². The number of nitro groups is 1. The van der Waals surface area contributed by atoms with E-state index < -0.39 is 0 Å². The monoisotopic (exact) mass is 995 g/mol. The Hall–Kier alpha value is -3.28. The fourth-order valence-electron chi connectivity index (χ4n) is 6.24. The molecule has 7 aromatic rings. The van der Waals surface area contributed by atoms with E-state index in [0.717, 1.165) is 79.3 Å². The predicted molar refractivity (Wildman–Crippen MR) is 229 cm³/mol. The molecule has 51 heavy (non-hydrogen) atoms. The lowest BCUT2D eigenvalue weighted by molar-refractivity contribution is -0.374. The highest BCUT2D eigenvalue weighted by Crippen LogP contribution is 2.45. The highest BCUT2D eigenvalue weighted by molar-refractivity contribution is 9.11. The van der Waals surface area contributed by atoms with Gasteiger partial charge in [0, 0.05) is 69.9 Å². The van der Waals surface area contributed by atoms with Gasteiger partial charge in [0.05, 0.1) is 37.2 Å². The minimum atomic E-state index is -0.342. The van der Waals surface area contributed by atoms with Crippen molar-refractivity contribution in [1.82, 2.24) is 19.9 Å². The van der Waals surface area contributed by atoms with E-state index in [2.05, 4.69) is 98.0 Å². The maximum atomic E-state index is 12.9. The maximum Gasteiger partial charge on any atom is 0.297 e. The zero-order chi connectivity index (χ0) is 35.0. The third kappa shape index (κ3) is 6.10. The number of halogens is 4. The summed E-state index contributed by atoms with van der Waals surface area (Å²) in [6.07, 6.45) is 5.72. The largest absolute Gasteiger partial charge is 0.354 e. The average molecular weight is 999 g/mol. The molecule has 7 aromatic heterocycles. The quantitative estimate of drug-likeness (QED) is 0.132. The van der Waals surface area contributed by atoms with Crippen molar-refractivity contribution in [3.63, 3.8) is 0 Å². The van der Waals surface area contributed by atoms with Crippen LogP contribution in [0.2, 0.25) is 0 Å². The molecule has 0 aromatic carbocycles. The maximum absolute atomic E-state index is 12.9. The summed E-state index contributed by atoms with van der Waals surface area (Å²) >= 11 is 20.8. The van der Waals surface area contributed by atoms with Crippen molar-refractivity contribution in [3.8, 4) is 41.8 Å². The van der Waals surface area contributed by atoms with Crippen molar-refractivity contribution in [2.45, 2.75) is 0 Å². The second-order valence-electron chi connectivity index (χ2n) is 11.3. The van der Waals surface area contributed by atoms with E-state index in [4.69, 9.17) is 9.97 Å². The topological polar surface area (TPSA) is 100 Å². The Balaban J connectivity index is 1.51. The van der Waals surface area contributed by atoms with Crippen LogP contribution in [0.1, 0.15) is 22.8 Å². The molecule has 0 radical (unpaired) electrons. The number of nitrogens with zero attached hydrogens (tertiary/aromatic N) is 3. The average Bonchev–Trinajstić information content (AvgIpc) is 3.92. The van der Waals surface area contributed by atoms with Gasteiger partial charge in [-0.25, -0.2) is 9.97 Å². The summed E-state index contributed by atoms with van der Waals surface area (Å²) in [5, 5.41) is 12.9. The zero-order valence-electron chi connectivity index (χ0n) is 25.5. The molecule has 0 spiro atoms. The lowest BCUT2D eigenvalue weighted by Crippen LogP contribution is -1.97. The zero-order valence-corrected chi connectivity index (χ0v) is 35.1. The number of nitrogens with one attached hydrogen (secondary N) is 2. The van der Waals surface area contributed by atoms with Crippen LogP contribution in [0.15, 0.2) is 87.9 Å². The second-order valence-corrected chi connectivity index (χ2v) is 21.2. The van der Waals surface area contributed by atoms with Crippen molar-refractivity contribution in [3.05, 3.63) is 121 Å². The molecule has 0 aliphatic carbocycles. The number of H-pyrrole nitrogens is 2. The highest BCUT2D eigenvalue weighted by atomic mass is 79.9. The van der Waals surface area contributed by atoms with E-state index >= 15 is 0 Å². The van der Waals surface area contributed by atoms with Gasteiger partial charge in [0.15, 0.2) is 5.69 Å². The van der Waals surface area contributed by atoms with Gasteiger partial charge in [0.1, 0.15) is 0 Å². The lowest BCUT2D eigenvalue weighted by Gasteiger charge is -2.03. The van der Waals surface area contributed by atoms with Gasteiger partial charge in [-0.2, -0.15) is 0 Å². The van der Waals surface area contributed by atoms with Crippen molar-refractivity contribution < 1.29 is 4.92 Å². The Morgan fingerprint density at radius 2 is 0.882 bits per heavy atom. The molecule has 0 saturated heterocycles. The SMILES string of the molecule is O=[N+]([O-])C1=Cc2nc1c(-c1ccc(Br)s1)c1ccc([nH]1)c(-c1ccc(Br)s1)c1nc(c(-c3ccc(Br)s3)c3ccc([nH]3)c2-c2ccc(Br)s2)C=C1. The molecule has 0 fully saturated rings. The molecule has 7 nitrogen and oxygen atoms in total. The molecule has 2 aliphatic rings. The number of hydrogen-bond acceptors (Lipinski definition) is 8. The first-order valence-corrected chi connectivity index (χ1v) is 21.5. The van der Waals surface area contributed by atoms with Crippen molar-refractivity contribution in [1.29, 1.82) is 0 Å². The molecule has 0 amide bonds. The smallest absolute Gasteiger partial charge is 0.297 e. The fraction of sp³-hybridized carbons (Fsp3) is 0. The number of rotatable bonds is 5. The molecule has 15 heteroatoms. The summed E-state index contributed by atoms with van der Waals surface area (Å²) in [6.45, 7) is 0. The number of thiophene rings is 4. The molecule has 2 N–H and O–H groups in total. The molecular formula is C36H17Br4N5O2S4. The van der Waals surface area contributed by atoms with Crippen LogP contribution in [-0.4, -0.2) is 24.9 Å². The van der Waals surface area contributed by atoms with Crippen LogP contribution < -0.4 is 0 Å². The molecule has 9 heterocycles. The normalized spacial score (nSPS) is 12.5. The van der Waals surface area contributed by atoms with Gasteiger partial charge in [-0.3, -0.25) is 10.1 Å². The van der Waals surface area contributed by atoms with Gasteiger partial charge in [-0.05, 0) is 149 Å². The van der Waals surface area contributed by atoms with Crippen LogP contribution in [0.4, 0.5) is 0 Å². The molecule has 0 unspecified atom stereocenters. The van der Waals surface area contributed by atoms with Gasteiger partial charge in [-0.15, -0.1) is 45.3 Å². The summed E-state index contributed by atoms with van der Waals surface area (Å²) in [6, 6.07) is 24.2. The number of aromatic amines is 2. The van der Waals surface area contributed by atoms with E-state index in [1.807, 2.05) is 60.7 Å². The molecule has 8 bridgehead atoms. The Bertz CT molecular complexity index is 2820. The first kappa shape index (κ1) is 33.5. The standard InChI is InChI=1S/C36H17Br4N5O2S4/c37-28-11-7-24(48-28)32-16-1-2-17(41-16)33(25-8-12-29(38)49-25)19-5-6-21(43-19)35(27-10-14-31(40)51-27)36-23(45(46)47)15-22(44-36)34(20-4-3-18(32)42-20)26-9-13-30(39)50-26/h1-15,42-43H. The van der Waals surface area contributed by atoms with Gasteiger partial charge >= 0.3 is 0 Å². The first-order valence-electron chi connectivity index (χ1n) is 15.1. The summed E-state index contributed by atoms with van der Waals surface area (Å²) in [7, 11) is 0. The number of fused-ring (bicyclic) bond motifs is 8.